The Morgan fingerprint density at radius 2 is 2.21 bits per heavy atom. The van der Waals surface area contributed by atoms with Crippen molar-refractivity contribution in [1.29, 1.82) is 0 Å². The minimum atomic E-state index is -1.17. The number of rotatable bonds is 4. The molecule has 0 aliphatic heterocycles. The van der Waals surface area contributed by atoms with Crippen LogP contribution in [0.15, 0.2) is 27.4 Å². The van der Waals surface area contributed by atoms with Gasteiger partial charge in [-0.25, -0.2) is 4.79 Å². The Morgan fingerprint density at radius 1 is 1.47 bits per heavy atom. The molecular weight excluding hydrogens is 252 g/mol. The lowest BCUT2D eigenvalue weighted by molar-refractivity contribution is -0.145. The molecule has 7 heteroatoms. The van der Waals surface area contributed by atoms with Gasteiger partial charge in [-0.3, -0.25) is 14.6 Å². The number of H-pyrrole nitrogens is 1. The van der Waals surface area contributed by atoms with E-state index in [-0.39, 0.29) is 6.42 Å². The van der Waals surface area contributed by atoms with E-state index in [1.54, 1.807) is 6.92 Å². The van der Waals surface area contributed by atoms with Gasteiger partial charge in [-0.2, -0.15) is 0 Å². The van der Waals surface area contributed by atoms with Crippen LogP contribution in [0.1, 0.15) is 13.3 Å². The molecule has 0 spiro atoms. The molecule has 3 N–H and O–H groups in total. The standard InChI is InChI=1S/C12H12N2O5/c1-2-7(11(16)17)10(15)13-6-3-4-9-8(5-6)14-12(18)19-9/h3-5,7H,2H2,1H3,(H,13,15)(H,14,18)(H,16,17). The van der Waals surface area contributed by atoms with Crippen molar-refractivity contribution in [2.45, 2.75) is 13.3 Å². The summed E-state index contributed by atoms with van der Waals surface area (Å²) in [6, 6.07) is 4.56. The maximum atomic E-state index is 11.7. The largest absolute Gasteiger partial charge is 0.481 e. The Kier molecular flexibility index (Phi) is 3.37. The van der Waals surface area contributed by atoms with Crippen LogP contribution in [0.3, 0.4) is 0 Å². The van der Waals surface area contributed by atoms with Gasteiger partial charge in [0, 0.05) is 5.69 Å². The molecule has 1 aromatic heterocycles. The number of benzene rings is 1. The van der Waals surface area contributed by atoms with Crippen molar-refractivity contribution in [3.8, 4) is 0 Å². The van der Waals surface area contributed by atoms with Crippen molar-refractivity contribution in [3.63, 3.8) is 0 Å². The zero-order valence-electron chi connectivity index (χ0n) is 10.1. The quantitative estimate of drug-likeness (QED) is 0.717. The first kappa shape index (κ1) is 12.9. The van der Waals surface area contributed by atoms with E-state index >= 15 is 0 Å². The molecule has 0 saturated carbocycles. The van der Waals surface area contributed by atoms with E-state index in [4.69, 9.17) is 9.52 Å². The summed E-state index contributed by atoms with van der Waals surface area (Å²) in [4.78, 5) is 36.0. The molecule has 0 bridgehead atoms. The molecule has 7 nitrogen and oxygen atoms in total. The summed E-state index contributed by atoms with van der Waals surface area (Å²) in [7, 11) is 0. The van der Waals surface area contributed by atoms with Crippen LogP contribution in [-0.4, -0.2) is 22.0 Å². The predicted molar refractivity (Wildman–Crippen MR) is 66.9 cm³/mol. The third-order valence-corrected chi connectivity index (χ3v) is 2.71. The third-order valence-electron chi connectivity index (χ3n) is 2.71. The van der Waals surface area contributed by atoms with Gasteiger partial charge in [-0.05, 0) is 24.6 Å². The van der Waals surface area contributed by atoms with Crippen molar-refractivity contribution in [1.82, 2.24) is 4.98 Å². The lowest BCUT2D eigenvalue weighted by atomic mass is 10.1. The second-order valence-corrected chi connectivity index (χ2v) is 4.01. The first-order valence-electron chi connectivity index (χ1n) is 5.67. The van der Waals surface area contributed by atoms with E-state index in [2.05, 4.69) is 10.3 Å². The number of fused-ring (bicyclic) bond motifs is 1. The van der Waals surface area contributed by atoms with E-state index < -0.39 is 23.6 Å². The maximum Gasteiger partial charge on any atom is 0.417 e. The second-order valence-electron chi connectivity index (χ2n) is 4.01. The zero-order valence-corrected chi connectivity index (χ0v) is 10.1. The Labute approximate surface area is 107 Å². The van der Waals surface area contributed by atoms with Gasteiger partial charge in [0.1, 0.15) is 5.92 Å². The van der Waals surface area contributed by atoms with Gasteiger partial charge < -0.3 is 14.8 Å². The first-order valence-corrected chi connectivity index (χ1v) is 5.67. The number of carboxylic acids is 1. The number of carbonyl (C=O) groups is 2. The fourth-order valence-corrected chi connectivity index (χ4v) is 1.73. The number of aromatic nitrogens is 1. The maximum absolute atomic E-state index is 11.7. The minimum Gasteiger partial charge on any atom is -0.481 e. The number of aromatic amines is 1. The molecule has 19 heavy (non-hydrogen) atoms. The molecule has 2 rings (SSSR count). The summed E-state index contributed by atoms with van der Waals surface area (Å²) in [6.45, 7) is 1.62. The normalized spacial score (nSPS) is 12.3. The summed E-state index contributed by atoms with van der Waals surface area (Å²) in [5, 5.41) is 11.4. The predicted octanol–water partition coefficient (Wildman–Crippen LogP) is 1.17. The zero-order chi connectivity index (χ0) is 14.0. The van der Waals surface area contributed by atoms with Crippen LogP contribution in [0, 0.1) is 5.92 Å². The van der Waals surface area contributed by atoms with Gasteiger partial charge >= 0.3 is 11.7 Å². The summed E-state index contributed by atoms with van der Waals surface area (Å²) < 4.78 is 4.82. The lowest BCUT2D eigenvalue weighted by Crippen LogP contribution is -2.28. The van der Waals surface area contributed by atoms with Gasteiger partial charge in [0.15, 0.2) is 5.58 Å². The van der Waals surface area contributed by atoms with Crippen LogP contribution in [0.2, 0.25) is 0 Å². The Hall–Kier alpha value is -2.57. The molecule has 0 aliphatic rings. The molecule has 1 heterocycles. The average Bonchev–Trinajstić information content (AvgIpc) is 2.68. The Morgan fingerprint density at radius 3 is 2.84 bits per heavy atom. The summed E-state index contributed by atoms with van der Waals surface area (Å²) in [6.07, 6.45) is 0.200. The molecule has 100 valence electrons. The number of hydrogen-bond donors (Lipinski definition) is 3. The fourth-order valence-electron chi connectivity index (χ4n) is 1.73. The van der Waals surface area contributed by atoms with Crippen molar-refractivity contribution >= 4 is 28.7 Å². The van der Waals surface area contributed by atoms with Gasteiger partial charge in [0.05, 0.1) is 5.52 Å². The van der Waals surface area contributed by atoms with Crippen molar-refractivity contribution in [2.75, 3.05) is 5.32 Å². The first-order chi connectivity index (χ1) is 9.01. The summed E-state index contributed by atoms with van der Waals surface area (Å²) in [5.74, 6) is -3.45. The van der Waals surface area contributed by atoms with E-state index in [1.165, 1.54) is 18.2 Å². The van der Waals surface area contributed by atoms with Crippen molar-refractivity contribution < 1.29 is 19.1 Å². The highest BCUT2D eigenvalue weighted by Crippen LogP contribution is 2.17. The van der Waals surface area contributed by atoms with Crippen molar-refractivity contribution in [2.24, 2.45) is 5.92 Å². The number of carbonyl (C=O) groups excluding carboxylic acids is 1. The van der Waals surface area contributed by atoms with Crippen LogP contribution < -0.4 is 11.1 Å². The number of carboxylic acid groups (broad SMARTS) is 1. The Bertz CT molecular complexity index is 685. The highest BCUT2D eigenvalue weighted by Gasteiger charge is 2.24. The van der Waals surface area contributed by atoms with Gasteiger partial charge in [-0.15, -0.1) is 0 Å². The molecule has 0 saturated heterocycles. The molecule has 0 aliphatic carbocycles. The van der Waals surface area contributed by atoms with E-state index in [9.17, 15) is 14.4 Å². The summed E-state index contributed by atoms with van der Waals surface area (Å²) >= 11 is 0. The van der Waals surface area contributed by atoms with E-state index in [0.29, 0.717) is 16.8 Å². The van der Waals surface area contributed by atoms with Gasteiger partial charge in [0.2, 0.25) is 5.91 Å². The molecule has 0 radical (unpaired) electrons. The highest BCUT2D eigenvalue weighted by atomic mass is 16.4. The summed E-state index contributed by atoms with van der Waals surface area (Å²) in [5.41, 5.74) is 1.20. The number of anilines is 1. The number of oxazole rings is 1. The number of nitrogens with one attached hydrogen (secondary N) is 2. The van der Waals surface area contributed by atoms with Gasteiger partial charge in [0.25, 0.3) is 0 Å². The Balaban J connectivity index is 2.23. The van der Waals surface area contributed by atoms with E-state index in [1.807, 2.05) is 0 Å². The monoisotopic (exact) mass is 264 g/mol. The average molecular weight is 264 g/mol. The van der Waals surface area contributed by atoms with Crippen LogP contribution in [-0.2, 0) is 9.59 Å². The third kappa shape index (κ3) is 2.65. The second kappa shape index (κ2) is 4.97. The molecule has 0 fully saturated rings. The highest BCUT2D eigenvalue weighted by molar-refractivity contribution is 6.04. The molecule has 1 aromatic carbocycles. The molecule has 2 aromatic rings. The van der Waals surface area contributed by atoms with E-state index in [0.717, 1.165) is 0 Å². The lowest BCUT2D eigenvalue weighted by Gasteiger charge is -2.10. The topological polar surface area (TPSA) is 112 Å². The smallest absolute Gasteiger partial charge is 0.417 e. The van der Waals surface area contributed by atoms with Crippen LogP contribution in [0.25, 0.3) is 11.1 Å². The fraction of sp³-hybridized carbons (Fsp3) is 0.250. The number of hydrogen-bond acceptors (Lipinski definition) is 4. The van der Waals surface area contributed by atoms with Crippen LogP contribution >= 0.6 is 0 Å². The van der Waals surface area contributed by atoms with Gasteiger partial charge in [-0.1, -0.05) is 6.92 Å². The molecule has 1 atom stereocenters. The number of amides is 1. The SMILES string of the molecule is CCC(C(=O)O)C(=O)Nc1ccc2oc(=O)[nH]c2c1. The minimum absolute atomic E-state index is 0.200. The number of aliphatic carboxylic acids is 1. The van der Waals surface area contributed by atoms with Crippen molar-refractivity contribution in [3.05, 3.63) is 28.7 Å². The van der Waals surface area contributed by atoms with Crippen LogP contribution in [0.4, 0.5) is 5.69 Å². The molecular formula is C12H12N2O5. The molecule has 1 unspecified atom stereocenters. The van der Waals surface area contributed by atoms with Crippen LogP contribution in [0.5, 0.6) is 0 Å². The molecule has 1 amide bonds.